The molecule has 1 atom stereocenters. The maximum atomic E-state index is 12.6. The van der Waals surface area contributed by atoms with Crippen molar-refractivity contribution in [3.05, 3.63) is 24.3 Å². The van der Waals surface area contributed by atoms with E-state index in [-0.39, 0.29) is 22.4 Å². The van der Waals surface area contributed by atoms with Crippen molar-refractivity contribution in [2.75, 3.05) is 19.3 Å². The highest BCUT2D eigenvalue weighted by molar-refractivity contribution is 7.91. The summed E-state index contributed by atoms with van der Waals surface area (Å²) in [7, 11) is -7.13. The van der Waals surface area contributed by atoms with Gasteiger partial charge in [-0.3, -0.25) is 0 Å². The molecule has 112 valence electrons. The van der Waals surface area contributed by atoms with Gasteiger partial charge in [-0.15, -0.1) is 0 Å². The van der Waals surface area contributed by atoms with E-state index in [0.717, 1.165) is 19.1 Å². The molecule has 2 rings (SSSR count). The molecule has 8 heteroatoms. The summed E-state index contributed by atoms with van der Waals surface area (Å²) in [4.78, 5) is 0.00263. The fourth-order valence-corrected chi connectivity index (χ4v) is 4.85. The molecular weight excluding hydrogens is 300 g/mol. The van der Waals surface area contributed by atoms with E-state index in [1.807, 2.05) is 0 Å². The second-order valence-corrected chi connectivity index (χ2v) is 8.80. The fraction of sp³-hybridized carbons (Fsp3) is 0.500. The summed E-state index contributed by atoms with van der Waals surface area (Å²) >= 11 is 0. The number of nitrogens with two attached hydrogens (primary N) is 1. The maximum Gasteiger partial charge on any atom is 0.243 e. The van der Waals surface area contributed by atoms with Crippen molar-refractivity contribution in [3.63, 3.8) is 0 Å². The van der Waals surface area contributed by atoms with E-state index in [1.54, 1.807) is 0 Å². The van der Waals surface area contributed by atoms with Crippen LogP contribution in [0.15, 0.2) is 34.1 Å². The van der Waals surface area contributed by atoms with E-state index in [9.17, 15) is 16.8 Å². The van der Waals surface area contributed by atoms with Crippen LogP contribution in [0.4, 0.5) is 0 Å². The first-order chi connectivity index (χ1) is 9.26. The SMILES string of the molecule is CS(=O)(=O)c1cccc(S(=O)(=O)N2CCC[C@@H]2CN)c1. The van der Waals surface area contributed by atoms with Crippen molar-refractivity contribution in [1.29, 1.82) is 0 Å². The van der Waals surface area contributed by atoms with Crippen LogP contribution in [0.25, 0.3) is 0 Å². The monoisotopic (exact) mass is 318 g/mol. The Morgan fingerprint density at radius 1 is 1.25 bits per heavy atom. The third-order valence-corrected chi connectivity index (χ3v) is 6.49. The first kappa shape index (κ1) is 15.4. The zero-order chi connectivity index (χ0) is 15.0. The normalized spacial score (nSPS) is 21.2. The smallest absolute Gasteiger partial charge is 0.243 e. The Bertz CT molecular complexity index is 698. The van der Waals surface area contributed by atoms with Crippen LogP contribution in [-0.4, -0.2) is 46.5 Å². The van der Waals surface area contributed by atoms with Gasteiger partial charge in [0, 0.05) is 25.4 Å². The molecule has 0 amide bonds. The minimum Gasteiger partial charge on any atom is -0.329 e. The summed E-state index contributed by atoms with van der Waals surface area (Å²) < 4.78 is 49.5. The minimum absolute atomic E-state index is 0.000718. The van der Waals surface area contributed by atoms with Crippen LogP contribution in [0, 0.1) is 0 Å². The number of nitrogens with zero attached hydrogens (tertiary/aromatic N) is 1. The Balaban J connectivity index is 2.45. The molecule has 1 saturated heterocycles. The minimum atomic E-state index is -3.69. The summed E-state index contributed by atoms with van der Waals surface area (Å²) in [5, 5.41) is 0. The molecule has 2 N–H and O–H groups in total. The van der Waals surface area contributed by atoms with Gasteiger partial charge in [-0.1, -0.05) is 6.07 Å². The van der Waals surface area contributed by atoms with Crippen molar-refractivity contribution in [3.8, 4) is 0 Å². The summed E-state index contributed by atoms with van der Waals surface area (Å²) in [5.41, 5.74) is 5.60. The fourth-order valence-electron chi connectivity index (χ4n) is 2.36. The van der Waals surface area contributed by atoms with Crippen molar-refractivity contribution in [1.82, 2.24) is 4.31 Å². The van der Waals surface area contributed by atoms with E-state index in [1.165, 1.54) is 28.6 Å². The quantitative estimate of drug-likeness (QED) is 0.855. The van der Waals surface area contributed by atoms with Crippen LogP contribution in [-0.2, 0) is 19.9 Å². The lowest BCUT2D eigenvalue weighted by molar-refractivity contribution is 0.393. The summed E-state index contributed by atoms with van der Waals surface area (Å²) in [6, 6.07) is 5.24. The zero-order valence-electron chi connectivity index (χ0n) is 11.2. The van der Waals surface area contributed by atoms with Crippen molar-refractivity contribution in [2.24, 2.45) is 5.73 Å². The summed E-state index contributed by atoms with van der Waals surface area (Å²) in [6.07, 6.45) is 2.56. The number of hydrogen-bond acceptors (Lipinski definition) is 5. The van der Waals surface area contributed by atoms with Crippen molar-refractivity contribution in [2.45, 2.75) is 28.7 Å². The molecule has 0 saturated carbocycles. The van der Waals surface area contributed by atoms with Gasteiger partial charge in [0.1, 0.15) is 0 Å². The van der Waals surface area contributed by atoms with Gasteiger partial charge in [0.25, 0.3) is 0 Å². The van der Waals surface area contributed by atoms with E-state index in [2.05, 4.69) is 0 Å². The molecule has 1 aromatic carbocycles. The van der Waals surface area contributed by atoms with Crippen LogP contribution in [0.1, 0.15) is 12.8 Å². The number of sulfone groups is 1. The molecule has 0 radical (unpaired) electrons. The van der Waals surface area contributed by atoms with Gasteiger partial charge >= 0.3 is 0 Å². The highest BCUT2D eigenvalue weighted by Gasteiger charge is 2.34. The Morgan fingerprint density at radius 3 is 2.50 bits per heavy atom. The van der Waals surface area contributed by atoms with Gasteiger partial charge in [-0.25, -0.2) is 16.8 Å². The first-order valence-corrected chi connectivity index (χ1v) is 9.62. The number of sulfonamides is 1. The number of rotatable bonds is 4. The molecule has 1 heterocycles. The Morgan fingerprint density at radius 2 is 1.90 bits per heavy atom. The first-order valence-electron chi connectivity index (χ1n) is 6.29. The molecule has 1 fully saturated rings. The van der Waals surface area contributed by atoms with Crippen LogP contribution >= 0.6 is 0 Å². The molecule has 0 bridgehead atoms. The predicted octanol–water partition coefficient (Wildman–Crippen LogP) is 0.202. The standard InChI is InChI=1S/C12H18N2O4S2/c1-19(15,16)11-5-2-6-12(8-11)20(17,18)14-7-3-4-10(14)9-13/h2,5-6,8,10H,3-4,7,9,13H2,1H3/t10-/m1/s1. The van der Waals surface area contributed by atoms with E-state index >= 15 is 0 Å². The van der Waals surface area contributed by atoms with E-state index < -0.39 is 19.9 Å². The highest BCUT2D eigenvalue weighted by Crippen LogP contribution is 2.26. The van der Waals surface area contributed by atoms with Gasteiger partial charge in [-0.2, -0.15) is 4.31 Å². The third-order valence-electron chi connectivity index (χ3n) is 3.44. The molecule has 0 unspecified atom stereocenters. The number of hydrogen-bond donors (Lipinski definition) is 1. The van der Waals surface area contributed by atoms with Gasteiger partial charge in [-0.05, 0) is 31.0 Å². The number of benzene rings is 1. The van der Waals surface area contributed by atoms with E-state index in [0.29, 0.717) is 6.54 Å². The molecule has 0 aromatic heterocycles. The molecule has 1 aliphatic heterocycles. The van der Waals surface area contributed by atoms with Crippen LogP contribution in [0.2, 0.25) is 0 Å². The third kappa shape index (κ3) is 2.88. The van der Waals surface area contributed by atoms with Gasteiger partial charge in [0.05, 0.1) is 9.79 Å². The Hall–Kier alpha value is -0.960. The lowest BCUT2D eigenvalue weighted by Crippen LogP contribution is -2.39. The molecule has 20 heavy (non-hydrogen) atoms. The topological polar surface area (TPSA) is 97.5 Å². The average molecular weight is 318 g/mol. The predicted molar refractivity (Wildman–Crippen MR) is 75.5 cm³/mol. The van der Waals surface area contributed by atoms with Crippen molar-refractivity contribution < 1.29 is 16.8 Å². The van der Waals surface area contributed by atoms with Crippen molar-refractivity contribution >= 4 is 19.9 Å². The summed E-state index contributed by atoms with van der Waals surface area (Å²) in [5.74, 6) is 0. The molecule has 1 aliphatic rings. The lowest BCUT2D eigenvalue weighted by Gasteiger charge is -2.23. The van der Waals surface area contributed by atoms with Gasteiger partial charge in [0.15, 0.2) is 9.84 Å². The van der Waals surface area contributed by atoms with Gasteiger partial charge in [0.2, 0.25) is 10.0 Å². The summed E-state index contributed by atoms with van der Waals surface area (Å²) in [6.45, 7) is 0.693. The molecular formula is C12H18N2O4S2. The van der Waals surface area contributed by atoms with Crippen LogP contribution in [0.5, 0.6) is 0 Å². The Labute approximate surface area is 119 Å². The Kier molecular flexibility index (Phi) is 4.19. The molecule has 0 spiro atoms. The highest BCUT2D eigenvalue weighted by atomic mass is 32.2. The molecule has 0 aliphatic carbocycles. The second-order valence-electron chi connectivity index (χ2n) is 4.89. The molecule has 6 nitrogen and oxygen atoms in total. The molecule has 1 aromatic rings. The van der Waals surface area contributed by atoms with E-state index in [4.69, 9.17) is 5.73 Å². The second kappa shape index (κ2) is 5.44. The van der Waals surface area contributed by atoms with Crippen LogP contribution < -0.4 is 5.73 Å². The average Bonchev–Trinajstić information content (AvgIpc) is 2.87. The lowest BCUT2D eigenvalue weighted by atomic mass is 10.2. The maximum absolute atomic E-state index is 12.6. The van der Waals surface area contributed by atoms with Gasteiger partial charge < -0.3 is 5.73 Å². The largest absolute Gasteiger partial charge is 0.329 e. The van der Waals surface area contributed by atoms with Crippen LogP contribution in [0.3, 0.4) is 0 Å². The zero-order valence-corrected chi connectivity index (χ0v) is 12.8.